The number of benzene rings is 1. The molecule has 0 saturated carbocycles. The number of aryl methyl sites for hydroxylation is 1. The van der Waals surface area contributed by atoms with Crippen molar-refractivity contribution in [3.63, 3.8) is 0 Å². The Hall–Kier alpha value is -2.67. The van der Waals surface area contributed by atoms with Gasteiger partial charge in [0.05, 0.1) is 22.9 Å². The van der Waals surface area contributed by atoms with Crippen molar-refractivity contribution in [2.45, 2.75) is 13.8 Å². The van der Waals surface area contributed by atoms with E-state index >= 15 is 0 Å². The molecule has 1 aromatic carbocycles. The van der Waals surface area contributed by atoms with E-state index in [4.69, 9.17) is 4.74 Å². The molecule has 118 valence electrons. The first-order valence-electron chi connectivity index (χ1n) is 6.95. The van der Waals surface area contributed by atoms with Gasteiger partial charge in [0, 0.05) is 5.69 Å². The van der Waals surface area contributed by atoms with Crippen LogP contribution in [0.5, 0.6) is 0 Å². The fourth-order valence-corrected chi connectivity index (χ4v) is 3.33. The predicted octanol–water partition coefficient (Wildman–Crippen LogP) is 3.28. The molecule has 2 heterocycles. The van der Waals surface area contributed by atoms with Gasteiger partial charge in [-0.05, 0) is 31.5 Å². The SMILES string of the molecule is COC(=O)c1c(C)[nH]c(C(=O)Nc2nc3ccccc3s2)c1C. The summed E-state index contributed by atoms with van der Waals surface area (Å²) in [7, 11) is 1.31. The van der Waals surface area contributed by atoms with Gasteiger partial charge in [-0.3, -0.25) is 10.1 Å². The molecule has 3 rings (SSSR count). The molecule has 0 atom stereocenters. The molecule has 0 fully saturated rings. The van der Waals surface area contributed by atoms with Crippen LogP contribution in [0.4, 0.5) is 5.13 Å². The van der Waals surface area contributed by atoms with E-state index in [1.807, 2.05) is 24.3 Å². The zero-order valence-corrected chi connectivity index (χ0v) is 13.7. The third kappa shape index (κ3) is 2.70. The van der Waals surface area contributed by atoms with Crippen molar-refractivity contribution in [2.24, 2.45) is 0 Å². The Morgan fingerprint density at radius 1 is 1.26 bits per heavy atom. The van der Waals surface area contributed by atoms with E-state index in [0.717, 1.165) is 10.2 Å². The minimum absolute atomic E-state index is 0.334. The molecular weight excluding hydrogens is 314 g/mol. The average molecular weight is 329 g/mol. The van der Waals surface area contributed by atoms with Crippen LogP contribution in [0.25, 0.3) is 10.2 Å². The summed E-state index contributed by atoms with van der Waals surface area (Å²) in [5.74, 6) is -0.796. The van der Waals surface area contributed by atoms with Crippen LogP contribution in [0.3, 0.4) is 0 Å². The maximum atomic E-state index is 12.5. The number of H-pyrrole nitrogens is 1. The monoisotopic (exact) mass is 329 g/mol. The Labute approximate surface area is 136 Å². The Kier molecular flexibility index (Phi) is 3.87. The summed E-state index contributed by atoms with van der Waals surface area (Å²) in [4.78, 5) is 31.6. The number of para-hydroxylation sites is 1. The minimum atomic E-state index is -0.463. The van der Waals surface area contributed by atoms with E-state index in [1.165, 1.54) is 18.4 Å². The van der Waals surface area contributed by atoms with Crippen LogP contribution in [0.15, 0.2) is 24.3 Å². The quantitative estimate of drug-likeness (QED) is 0.722. The lowest BCUT2D eigenvalue weighted by Crippen LogP contribution is -2.14. The molecule has 6 nitrogen and oxygen atoms in total. The smallest absolute Gasteiger partial charge is 0.339 e. The lowest BCUT2D eigenvalue weighted by molar-refractivity contribution is 0.0599. The number of hydrogen-bond acceptors (Lipinski definition) is 5. The van der Waals surface area contributed by atoms with Gasteiger partial charge in [-0.25, -0.2) is 9.78 Å². The average Bonchev–Trinajstić information content (AvgIpc) is 3.06. The van der Waals surface area contributed by atoms with Gasteiger partial charge in [0.15, 0.2) is 5.13 Å². The second-order valence-corrected chi connectivity index (χ2v) is 6.09. The van der Waals surface area contributed by atoms with Crippen LogP contribution >= 0.6 is 11.3 Å². The lowest BCUT2D eigenvalue weighted by atomic mass is 10.1. The van der Waals surface area contributed by atoms with Crippen LogP contribution in [-0.2, 0) is 4.74 Å². The normalized spacial score (nSPS) is 10.7. The van der Waals surface area contributed by atoms with Crippen molar-refractivity contribution in [3.05, 3.63) is 46.8 Å². The van der Waals surface area contributed by atoms with Gasteiger partial charge in [0.2, 0.25) is 0 Å². The fourth-order valence-electron chi connectivity index (χ4n) is 2.47. The van der Waals surface area contributed by atoms with Gasteiger partial charge >= 0.3 is 5.97 Å². The van der Waals surface area contributed by atoms with Crippen molar-refractivity contribution in [1.29, 1.82) is 0 Å². The van der Waals surface area contributed by atoms with Crippen molar-refractivity contribution in [1.82, 2.24) is 9.97 Å². The molecule has 0 bridgehead atoms. The highest BCUT2D eigenvalue weighted by molar-refractivity contribution is 7.22. The summed E-state index contributed by atoms with van der Waals surface area (Å²) in [6.07, 6.45) is 0. The van der Waals surface area contributed by atoms with Crippen LogP contribution in [-0.4, -0.2) is 29.0 Å². The standard InChI is InChI=1S/C16H15N3O3S/c1-8-12(15(21)22-3)9(2)17-13(8)14(20)19-16-18-10-6-4-5-7-11(10)23-16/h4-7,17H,1-3H3,(H,18,19,20). The molecule has 1 amide bonds. The number of anilines is 1. The lowest BCUT2D eigenvalue weighted by Gasteiger charge is -2.01. The van der Waals surface area contributed by atoms with E-state index < -0.39 is 5.97 Å². The van der Waals surface area contributed by atoms with Gasteiger partial charge in [-0.2, -0.15) is 0 Å². The number of methoxy groups -OCH3 is 1. The molecule has 0 saturated heterocycles. The summed E-state index contributed by atoms with van der Waals surface area (Å²) < 4.78 is 5.75. The highest BCUT2D eigenvalue weighted by Crippen LogP contribution is 2.26. The van der Waals surface area contributed by atoms with Crippen molar-refractivity contribution in [2.75, 3.05) is 12.4 Å². The number of fused-ring (bicyclic) bond motifs is 1. The first-order chi connectivity index (χ1) is 11.0. The van der Waals surface area contributed by atoms with Crippen LogP contribution in [0.1, 0.15) is 32.1 Å². The second kappa shape index (κ2) is 5.85. The maximum Gasteiger partial charge on any atom is 0.339 e. The van der Waals surface area contributed by atoms with Gasteiger partial charge in [-0.15, -0.1) is 0 Å². The molecule has 0 radical (unpaired) electrons. The zero-order valence-electron chi connectivity index (χ0n) is 12.9. The predicted molar refractivity (Wildman–Crippen MR) is 89.2 cm³/mol. The van der Waals surface area contributed by atoms with E-state index in [2.05, 4.69) is 15.3 Å². The molecule has 2 N–H and O–H groups in total. The molecule has 23 heavy (non-hydrogen) atoms. The number of hydrogen-bond donors (Lipinski definition) is 2. The number of nitrogens with zero attached hydrogens (tertiary/aromatic N) is 1. The second-order valence-electron chi connectivity index (χ2n) is 5.06. The Morgan fingerprint density at radius 3 is 2.70 bits per heavy atom. The van der Waals surface area contributed by atoms with Gasteiger partial charge in [0.1, 0.15) is 5.69 Å². The number of aromatic amines is 1. The fraction of sp³-hybridized carbons (Fsp3) is 0.188. The first kappa shape index (κ1) is 15.2. The van der Waals surface area contributed by atoms with Crippen molar-refractivity contribution >= 4 is 38.6 Å². The number of amides is 1. The van der Waals surface area contributed by atoms with Crippen molar-refractivity contribution < 1.29 is 14.3 Å². The molecule has 7 heteroatoms. The molecule has 2 aromatic heterocycles. The van der Waals surface area contributed by atoms with Gasteiger partial charge < -0.3 is 9.72 Å². The van der Waals surface area contributed by atoms with Crippen LogP contribution in [0.2, 0.25) is 0 Å². The number of thiazole rings is 1. The Balaban J connectivity index is 1.90. The van der Waals surface area contributed by atoms with E-state index in [1.54, 1.807) is 13.8 Å². The molecule has 0 aliphatic carbocycles. The summed E-state index contributed by atoms with van der Waals surface area (Å²) in [6, 6.07) is 7.66. The number of carbonyl (C=O) groups is 2. The van der Waals surface area contributed by atoms with E-state index in [-0.39, 0.29) is 5.91 Å². The molecule has 0 aliphatic rings. The number of aromatic nitrogens is 2. The largest absolute Gasteiger partial charge is 0.465 e. The highest BCUT2D eigenvalue weighted by atomic mass is 32.1. The number of nitrogens with one attached hydrogen (secondary N) is 2. The number of carbonyl (C=O) groups excluding carboxylic acids is 2. The topological polar surface area (TPSA) is 84.1 Å². The maximum absolute atomic E-state index is 12.5. The number of esters is 1. The number of rotatable bonds is 3. The van der Waals surface area contributed by atoms with E-state index in [9.17, 15) is 9.59 Å². The zero-order chi connectivity index (χ0) is 16.6. The molecular formula is C16H15N3O3S. The van der Waals surface area contributed by atoms with Crippen LogP contribution < -0.4 is 5.32 Å². The summed E-state index contributed by atoms with van der Waals surface area (Å²) in [6.45, 7) is 3.44. The Morgan fingerprint density at radius 2 is 2.00 bits per heavy atom. The summed E-state index contributed by atoms with van der Waals surface area (Å²) in [5, 5.41) is 3.29. The minimum Gasteiger partial charge on any atom is -0.465 e. The third-order valence-corrected chi connectivity index (χ3v) is 4.52. The van der Waals surface area contributed by atoms with Gasteiger partial charge in [-0.1, -0.05) is 23.5 Å². The highest BCUT2D eigenvalue weighted by Gasteiger charge is 2.23. The Bertz CT molecular complexity index is 878. The molecule has 0 unspecified atom stereocenters. The van der Waals surface area contributed by atoms with Gasteiger partial charge in [0.25, 0.3) is 5.91 Å². The summed E-state index contributed by atoms with van der Waals surface area (Å²) >= 11 is 1.40. The van der Waals surface area contributed by atoms with E-state index in [0.29, 0.717) is 27.6 Å². The number of ether oxygens (including phenoxy) is 1. The molecule has 3 aromatic rings. The summed E-state index contributed by atoms with van der Waals surface area (Å²) in [5.41, 5.74) is 2.73. The molecule has 0 spiro atoms. The third-order valence-electron chi connectivity index (χ3n) is 3.57. The molecule has 0 aliphatic heterocycles. The van der Waals surface area contributed by atoms with Crippen molar-refractivity contribution in [3.8, 4) is 0 Å². The van der Waals surface area contributed by atoms with Crippen LogP contribution in [0, 0.1) is 13.8 Å². The first-order valence-corrected chi connectivity index (χ1v) is 7.77.